The summed E-state index contributed by atoms with van der Waals surface area (Å²) in [7, 11) is 0. The second-order valence-electron chi connectivity index (χ2n) is 5.21. The number of aliphatic carboxylic acids is 1. The lowest BCUT2D eigenvalue weighted by atomic mass is 9.98. The number of hydrogen-bond acceptors (Lipinski definition) is 3. The van der Waals surface area contributed by atoms with Crippen LogP contribution in [0.2, 0.25) is 0 Å². The monoisotopic (exact) mass is 286 g/mol. The van der Waals surface area contributed by atoms with E-state index >= 15 is 0 Å². The maximum Gasteiger partial charge on any atom is 0.320 e. The number of rotatable bonds is 7. The van der Waals surface area contributed by atoms with Crippen LogP contribution in [0.5, 0.6) is 0 Å². The molecule has 6 heteroatoms. The fraction of sp³-hybridized carbons (Fsp3) is 0.857. The number of piperidine rings is 1. The molecule has 0 aromatic heterocycles. The van der Waals surface area contributed by atoms with Gasteiger partial charge in [0.25, 0.3) is 0 Å². The van der Waals surface area contributed by atoms with Gasteiger partial charge in [0.1, 0.15) is 0 Å². The van der Waals surface area contributed by atoms with Gasteiger partial charge in [-0.3, -0.25) is 4.79 Å². The van der Waals surface area contributed by atoms with Gasteiger partial charge in [-0.2, -0.15) is 0 Å². The molecule has 1 unspecified atom stereocenters. The van der Waals surface area contributed by atoms with E-state index in [1.807, 2.05) is 11.8 Å². The molecular weight excluding hydrogens is 260 g/mol. The maximum absolute atomic E-state index is 12.5. The Morgan fingerprint density at radius 3 is 2.70 bits per heavy atom. The van der Waals surface area contributed by atoms with E-state index < -0.39 is 5.97 Å². The molecule has 1 atom stereocenters. The molecule has 0 aromatic rings. The highest BCUT2D eigenvalue weighted by atomic mass is 16.4. The molecule has 1 aliphatic rings. The van der Waals surface area contributed by atoms with Crippen LogP contribution >= 0.6 is 0 Å². The molecule has 1 heterocycles. The van der Waals surface area contributed by atoms with Gasteiger partial charge >= 0.3 is 12.0 Å². The molecule has 20 heavy (non-hydrogen) atoms. The van der Waals surface area contributed by atoms with E-state index in [9.17, 15) is 9.59 Å². The summed E-state index contributed by atoms with van der Waals surface area (Å²) in [5, 5.41) is 17.7. The number of hydrogen-bond donors (Lipinski definition) is 2. The number of amides is 2. The Bertz CT molecular complexity index is 322. The number of aliphatic hydroxyl groups is 1. The van der Waals surface area contributed by atoms with Crippen molar-refractivity contribution in [1.82, 2.24) is 9.80 Å². The minimum atomic E-state index is -0.810. The third kappa shape index (κ3) is 5.00. The molecule has 0 aliphatic carbocycles. The van der Waals surface area contributed by atoms with Gasteiger partial charge in [-0.25, -0.2) is 4.79 Å². The first-order chi connectivity index (χ1) is 9.60. The molecule has 0 radical (unpaired) electrons. The van der Waals surface area contributed by atoms with Crippen LogP contribution in [0.15, 0.2) is 0 Å². The fourth-order valence-electron chi connectivity index (χ4n) is 2.67. The van der Waals surface area contributed by atoms with Crippen molar-refractivity contribution in [2.75, 3.05) is 26.2 Å². The minimum absolute atomic E-state index is 0.0176. The fourth-order valence-corrected chi connectivity index (χ4v) is 2.67. The molecule has 6 nitrogen and oxygen atoms in total. The van der Waals surface area contributed by atoms with Crippen LogP contribution in [-0.4, -0.2) is 64.3 Å². The first-order valence-corrected chi connectivity index (χ1v) is 7.48. The molecule has 0 bridgehead atoms. The largest absolute Gasteiger partial charge is 0.481 e. The van der Waals surface area contributed by atoms with Crippen molar-refractivity contribution in [3.05, 3.63) is 0 Å². The van der Waals surface area contributed by atoms with Gasteiger partial charge in [-0.1, -0.05) is 0 Å². The van der Waals surface area contributed by atoms with Crippen molar-refractivity contribution < 1.29 is 19.8 Å². The zero-order valence-electron chi connectivity index (χ0n) is 12.3. The molecule has 1 fully saturated rings. The van der Waals surface area contributed by atoms with E-state index in [0.29, 0.717) is 32.5 Å². The predicted octanol–water partition coefficient (Wildman–Crippen LogP) is 1.53. The highest BCUT2D eigenvalue weighted by molar-refractivity contribution is 5.75. The summed E-state index contributed by atoms with van der Waals surface area (Å²) in [4.78, 5) is 26.8. The Morgan fingerprint density at radius 1 is 1.35 bits per heavy atom. The lowest BCUT2D eigenvalue weighted by molar-refractivity contribution is -0.137. The first-order valence-electron chi connectivity index (χ1n) is 7.48. The number of likely N-dealkylation sites (tertiary alicyclic amines) is 1. The van der Waals surface area contributed by atoms with Crippen LogP contribution in [0.3, 0.4) is 0 Å². The van der Waals surface area contributed by atoms with Crippen molar-refractivity contribution in [3.63, 3.8) is 0 Å². The van der Waals surface area contributed by atoms with Gasteiger partial charge in [0.05, 0.1) is 0 Å². The third-order valence-corrected chi connectivity index (χ3v) is 3.80. The Hall–Kier alpha value is -1.30. The van der Waals surface area contributed by atoms with Crippen molar-refractivity contribution in [2.24, 2.45) is 0 Å². The molecule has 2 amide bonds. The molecule has 0 saturated carbocycles. The lowest BCUT2D eigenvalue weighted by Crippen LogP contribution is -2.50. The average Bonchev–Trinajstić information content (AvgIpc) is 2.46. The average molecular weight is 286 g/mol. The van der Waals surface area contributed by atoms with E-state index in [2.05, 4.69) is 0 Å². The summed E-state index contributed by atoms with van der Waals surface area (Å²) in [6.07, 6.45) is 4.13. The second-order valence-corrected chi connectivity index (χ2v) is 5.21. The van der Waals surface area contributed by atoms with Crippen LogP contribution in [0.1, 0.15) is 45.4 Å². The summed E-state index contributed by atoms with van der Waals surface area (Å²) >= 11 is 0. The summed E-state index contributed by atoms with van der Waals surface area (Å²) in [6, 6.07) is 0.0200. The summed E-state index contributed by atoms with van der Waals surface area (Å²) < 4.78 is 0. The van der Waals surface area contributed by atoms with Crippen LogP contribution in [-0.2, 0) is 4.79 Å². The Balaban J connectivity index is 2.62. The smallest absolute Gasteiger partial charge is 0.320 e. The Kier molecular flexibility index (Phi) is 7.36. The van der Waals surface area contributed by atoms with Crippen LogP contribution in [0.25, 0.3) is 0 Å². The van der Waals surface area contributed by atoms with Gasteiger partial charge in [-0.15, -0.1) is 0 Å². The molecule has 116 valence electrons. The molecule has 0 aromatic carbocycles. The zero-order valence-corrected chi connectivity index (χ0v) is 12.3. The molecule has 0 spiro atoms. The Labute approximate surface area is 120 Å². The minimum Gasteiger partial charge on any atom is -0.481 e. The van der Waals surface area contributed by atoms with Gasteiger partial charge in [0.2, 0.25) is 0 Å². The van der Waals surface area contributed by atoms with Crippen molar-refractivity contribution in [2.45, 2.75) is 51.5 Å². The van der Waals surface area contributed by atoms with Gasteiger partial charge < -0.3 is 20.0 Å². The van der Waals surface area contributed by atoms with Crippen molar-refractivity contribution >= 4 is 12.0 Å². The molecule has 2 N–H and O–H groups in total. The van der Waals surface area contributed by atoms with Crippen molar-refractivity contribution in [3.8, 4) is 0 Å². The van der Waals surface area contributed by atoms with Crippen molar-refractivity contribution in [1.29, 1.82) is 0 Å². The molecule has 1 saturated heterocycles. The first kappa shape index (κ1) is 16.8. The number of carboxylic acids is 1. The second kappa shape index (κ2) is 8.79. The van der Waals surface area contributed by atoms with E-state index in [-0.39, 0.29) is 25.1 Å². The molecule has 1 rings (SSSR count). The highest BCUT2D eigenvalue weighted by Crippen LogP contribution is 2.22. The molecule has 1 aliphatic heterocycles. The van der Waals surface area contributed by atoms with E-state index in [0.717, 1.165) is 19.3 Å². The van der Waals surface area contributed by atoms with E-state index in [4.69, 9.17) is 10.2 Å². The predicted molar refractivity (Wildman–Crippen MR) is 75.6 cm³/mol. The zero-order chi connectivity index (χ0) is 15.0. The number of nitrogens with zero attached hydrogens (tertiary/aromatic N) is 2. The van der Waals surface area contributed by atoms with Crippen LogP contribution in [0, 0.1) is 0 Å². The van der Waals surface area contributed by atoms with Gasteiger partial charge in [0, 0.05) is 38.7 Å². The number of aliphatic hydroxyl groups excluding tert-OH is 1. The topological polar surface area (TPSA) is 81.1 Å². The summed E-state index contributed by atoms with van der Waals surface area (Å²) in [5.41, 5.74) is 0. The number of carbonyl (C=O) groups is 2. The third-order valence-electron chi connectivity index (χ3n) is 3.80. The Morgan fingerprint density at radius 2 is 2.10 bits per heavy atom. The van der Waals surface area contributed by atoms with Gasteiger partial charge in [-0.05, 0) is 39.0 Å². The standard InChI is InChI=1S/C14H26N2O4/c1-2-15(9-5-11-17)14(20)16-10-4-3-6-12(16)7-8-13(18)19/h12,17H,2-11H2,1H3,(H,18,19). The summed E-state index contributed by atoms with van der Waals surface area (Å²) in [5.74, 6) is -0.810. The van der Waals surface area contributed by atoms with E-state index in [1.54, 1.807) is 4.90 Å². The molecular formula is C14H26N2O4. The van der Waals surface area contributed by atoms with Crippen LogP contribution < -0.4 is 0 Å². The van der Waals surface area contributed by atoms with Crippen LogP contribution in [0.4, 0.5) is 4.79 Å². The number of urea groups is 1. The number of carbonyl (C=O) groups excluding carboxylic acids is 1. The number of carboxylic acid groups (broad SMARTS) is 1. The maximum atomic E-state index is 12.5. The quantitative estimate of drug-likeness (QED) is 0.743. The normalized spacial score (nSPS) is 18.9. The lowest BCUT2D eigenvalue weighted by Gasteiger charge is -2.38. The SMILES string of the molecule is CCN(CCCO)C(=O)N1CCCCC1CCC(=O)O. The van der Waals surface area contributed by atoms with E-state index in [1.165, 1.54) is 0 Å². The summed E-state index contributed by atoms with van der Waals surface area (Å²) in [6.45, 7) is 3.87. The highest BCUT2D eigenvalue weighted by Gasteiger charge is 2.29. The van der Waals surface area contributed by atoms with Gasteiger partial charge in [0.15, 0.2) is 0 Å².